The van der Waals surface area contributed by atoms with E-state index in [0.29, 0.717) is 6.54 Å². The third-order valence-corrected chi connectivity index (χ3v) is 5.67. The standard InChI is InChI=1S/C17H16BrClN2O2S/c1-2-3-4-14-20-16(19)15(17(22)23)21(14)8-10-9-24-13-6-5-11(18)7-12(10)13/h5-7,9H,2-4,8H2,1H3,(H,22,23). The van der Waals surface area contributed by atoms with Crippen molar-refractivity contribution >= 4 is 54.9 Å². The van der Waals surface area contributed by atoms with Crippen LogP contribution in [0.5, 0.6) is 0 Å². The van der Waals surface area contributed by atoms with Gasteiger partial charge in [0.2, 0.25) is 0 Å². The largest absolute Gasteiger partial charge is 0.476 e. The van der Waals surface area contributed by atoms with E-state index in [0.717, 1.165) is 40.5 Å². The molecule has 1 aromatic carbocycles. The van der Waals surface area contributed by atoms with Gasteiger partial charge in [-0.25, -0.2) is 9.78 Å². The molecule has 1 N–H and O–H groups in total. The molecule has 2 heterocycles. The summed E-state index contributed by atoms with van der Waals surface area (Å²) >= 11 is 11.2. The molecule has 0 atom stereocenters. The van der Waals surface area contributed by atoms with E-state index in [-0.39, 0.29) is 10.8 Å². The van der Waals surface area contributed by atoms with Crippen LogP contribution >= 0.6 is 38.9 Å². The zero-order valence-corrected chi connectivity index (χ0v) is 16.2. The Kier molecular flexibility index (Phi) is 5.27. The second-order valence-electron chi connectivity index (χ2n) is 5.56. The van der Waals surface area contributed by atoms with Gasteiger partial charge in [-0.2, -0.15) is 0 Å². The molecule has 0 bridgehead atoms. The summed E-state index contributed by atoms with van der Waals surface area (Å²) in [6, 6.07) is 6.13. The minimum Gasteiger partial charge on any atom is -0.476 e. The third-order valence-electron chi connectivity index (χ3n) is 3.90. The number of aromatic carboxylic acids is 1. The van der Waals surface area contributed by atoms with Crippen LogP contribution in [0.3, 0.4) is 0 Å². The maximum Gasteiger partial charge on any atom is 0.355 e. The SMILES string of the molecule is CCCCc1nc(Cl)c(C(=O)O)n1Cc1csc2ccc(Br)cc12. The van der Waals surface area contributed by atoms with E-state index in [1.807, 2.05) is 6.07 Å². The number of carboxylic acids is 1. The molecule has 24 heavy (non-hydrogen) atoms. The first-order valence-corrected chi connectivity index (χ1v) is 9.70. The van der Waals surface area contributed by atoms with Gasteiger partial charge >= 0.3 is 5.97 Å². The molecule has 0 aliphatic rings. The molecule has 0 fully saturated rings. The van der Waals surface area contributed by atoms with Gasteiger partial charge in [-0.15, -0.1) is 11.3 Å². The molecule has 0 radical (unpaired) electrons. The van der Waals surface area contributed by atoms with Crippen LogP contribution < -0.4 is 0 Å². The maximum atomic E-state index is 11.6. The number of benzene rings is 1. The van der Waals surface area contributed by atoms with Gasteiger partial charge in [-0.1, -0.05) is 40.9 Å². The summed E-state index contributed by atoms with van der Waals surface area (Å²) in [7, 11) is 0. The van der Waals surface area contributed by atoms with Crippen molar-refractivity contribution in [3.8, 4) is 0 Å². The Balaban J connectivity index is 2.06. The molecule has 0 saturated heterocycles. The Morgan fingerprint density at radius 3 is 2.96 bits per heavy atom. The van der Waals surface area contributed by atoms with Crippen LogP contribution in [-0.4, -0.2) is 20.6 Å². The van der Waals surface area contributed by atoms with E-state index in [4.69, 9.17) is 11.6 Å². The number of imidazole rings is 1. The second-order valence-corrected chi connectivity index (χ2v) is 7.75. The Labute approximate surface area is 157 Å². The van der Waals surface area contributed by atoms with Gasteiger partial charge in [0.05, 0.1) is 6.54 Å². The van der Waals surface area contributed by atoms with Crippen molar-refractivity contribution in [3.63, 3.8) is 0 Å². The van der Waals surface area contributed by atoms with E-state index in [1.54, 1.807) is 15.9 Å². The molecule has 3 aromatic rings. The lowest BCUT2D eigenvalue weighted by molar-refractivity contribution is 0.0685. The number of carboxylic acid groups (broad SMARTS) is 1. The fraction of sp³-hybridized carbons (Fsp3) is 0.294. The lowest BCUT2D eigenvalue weighted by atomic mass is 10.1. The number of hydrogen-bond donors (Lipinski definition) is 1. The average molecular weight is 428 g/mol. The Bertz CT molecular complexity index is 904. The van der Waals surface area contributed by atoms with Crippen molar-refractivity contribution < 1.29 is 9.90 Å². The number of rotatable bonds is 6. The molecule has 0 unspecified atom stereocenters. The number of aryl methyl sites for hydroxylation is 1. The quantitative estimate of drug-likeness (QED) is 0.557. The summed E-state index contributed by atoms with van der Waals surface area (Å²) in [5.41, 5.74) is 1.14. The lowest BCUT2D eigenvalue weighted by Crippen LogP contribution is -2.12. The van der Waals surface area contributed by atoms with Crippen molar-refractivity contribution in [2.75, 3.05) is 0 Å². The van der Waals surface area contributed by atoms with Gasteiger partial charge in [0, 0.05) is 15.6 Å². The number of carbonyl (C=O) groups is 1. The van der Waals surface area contributed by atoms with Crippen molar-refractivity contribution in [2.45, 2.75) is 32.7 Å². The highest BCUT2D eigenvalue weighted by Gasteiger charge is 2.22. The van der Waals surface area contributed by atoms with Gasteiger partial charge in [0.25, 0.3) is 0 Å². The maximum absolute atomic E-state index is 11.6. The predicted octanol–water partition coefficient (Wildman–Crippen LogP) is 5.60. The van der Waals surface area contributed by atoms with E-state index in [9.17, 15) is 9.90 Å². The lowest BCUT2D eigenvalue weighted by Gasteiger charge is -2.10. The van der Waals surface area contributed by atoms with Crippen molar-refractivity contribution in [1.29, 1.82) is 0 Å². The smallest absolute Gasteiger partial charge is 0.355 e. The Morgan fingerprint density at radius 2 is 2.25 bits per heavy atom. The number of nitrogens with zero attached hydrogens (tertiary/aromatic N) is 2. The predicted molar refractivity (Wildman–Crippen MR) is 101 cm³/mol. The highest BCUT2D eigenvalue weighted by Crippen LogP contribution is 2.30. The van der Waals surface area contributed by atoms with E-state index < -0.39 is 5.97 Å². The fourth-order valence-corrected chi connectivity index (χ4v) is 4.29. The zero-order chi connectivity index (χ0) is 17.3. The molecule has 2 aromatic heterocycles. The third kappa shape index (κ3) is 3.36. The molecule has 0 aliphatic carbocycles. The molecule has 126 valence electrons. The summed E-state index contributed by atoms with van der Waals surface area (Å²) in [6.45, 7) is 2.55. The van der Waals surface area contributed by atoms with Gasteiger partial charge in [0.1, 0.15) is 5.82 Å². The van der Waals surface area contributed by atoms with E-state index >= 15 is 0 Å². The van der Waals surface area contributed by atoms with E-state index in [1.165, 1.54) is 4.70 Å². The number of fused-ring (bicyclic) bond motifs is 1. The molecule has 0 aliphatic heterocycles. The highest BCUT2D eigenvalue weighted by atomic mass is 79.9. The summed E-state index contributed by atoms with van der Waals surface area (Å²) < 4.78 is 3.91. The Hall–Kier alpha value is -1.37. The number of thiophene rings is 1. The zero-order valence-electron chi connectivity index (χ0n) is 13.1. The van der Waals surface area contributed by atoms with Gasteiger partial charge in [0.15, 0.2) is 10.8 Å². The van der Waals surface area contributed by atoms with Crippen molar-refractivity contribution in [2.24, 2.45) is 0 Å². The van der Waals surface area contributed by atoms with Crippen LogP contribution in [0, 0.1) is 0 Å². The molecule has 0 spiro atoms. The molecule has 0 saturated carbocycles. The second kappa shape index (κ2) is 7.25. The summed E-state index contributed by atoms with van der Waals surface area (Å²) in [5.74, 6) is -0.315. The van der Waals surface area contributed by atoms with Crippen LogP contribution in [0.15, 0.2) is 28.1 Å². The molecule has 7 heteroatoms. The highest BCUT2D eigenvalue weighted by molar-refractivity contribution is 9.10. The first kappa shape index (κ1) is 17.5. The molecular formula is C17H16BrClN2O2S. The minimum atomic E-state index is -1.05. The molecular weight excluding hydrogens is 412 g/mol. The summed E-state index contributed by atoms with van der Waals surface area (Å²) in [5, 5.41) is 12.8. The molecule has 4 nitrogen and oxygen atoms in total. The number of halogens is 2. The average Bonchev–Trinajstić information content (AvgIpc) is 3.06. The van der Waals surface area contributed by atoms with Crippen LogP contribution in [0.1, 0.15) is 41.6 Å². The monoisotopic (exact) mass is 426 g/mol. The minimum absolute atomic E-state index is 0.0642. The van der Waals surface area contributed by atoms with Crippen LogP contribution in [0.2, 0.25) is 5.15 Å². The van der Waals surface area contributed by atoms with Gasteiger partial charge < -0.3 is 9.67 Å². The Morgan fingerprint density at radius 1 is 1.46 bits per heavy atom. The van der Waals surface area contributed by atoms with Gasteiger partial charge in [-0.3, -0.25) is 0 Å². The summed E-state index contributed by atoms with van der Waals surface area (Å²) in [4.78, 5) is 15.9. The number of unbranched alkanes of at least 4 members (excludes halogenated alkanes) is 1. The normalized spacial score (nSPS) is 11.3. The fourth-order valence-electron chi connectivity index (χ4n) is 2.71. The van der Waals surface area contributed by atoms with Crippen LogP contribution in [0.4, 0.5) is 0 Å². The van der Waals surface area contributed by atoms with Crippen LogP contribution in [0.25, 0.3) is 10.1 Å². The topological polar surface area (TPSA) is 55.1 Å². The van der Waals surface area contributed by atoms with Crippen molar-refractivity contribution in [1.82, 2.24) is 9.55 Å². The number of aromatic nitrogens is 2. The first-order chi connectivity index (χ1) is 11.5. The van der Waals surface area contributed by atoms with Gasteiger partial charge in [-0.05, 0) is 40.9 Å². The van der Waals surface area contributed by atoms with Crippen LogP contribution in [-0.2, 0) is 13.0 Å². The molecule has 0 amide bonds. The first-order valence-electron chi connectivity index (χ1n) is 7.65. The summed E-state index contributed by atoms with van der Waals surface area (Å²) in [6.07, 6.45) is 2.68. The molecule has 3 rings (SSSR count). The number of hydrogen-bond acceptors (Lipinski definition) is 3. The van der Waals surface area contributed by atoms with E-state index in [2.05, 4.69) is 45.4 Å². The van der Waals surface area contributed by atoms with Crippen molar-refractivity contribution in [3.05, 3.63) is 50.3 Å².